The molecule has 0 heterocycles. The summed E-state index contributed by atoms with van der Waals surface area (Å²) in [6.07, 6.45) is -3.89. The number of hydrogen-bond acceptors (Lipinski definition) is 3. The van der Waals surface area contributed by atoms with Crippen molar-refractivity contribution in [2.75, 3.05) is 6.61 Å². The lowest BCUT2D eigenvalue weighted by Crippen LogP contribution is -2.39. The maximum Gasteiger partial charge on any atom is 0.416 e. The van der Waals surface area contributed by atoms with E-state index in [1.807, 2.05) is 6.07 Å². The Balaban J connectivity index is 2.11. The molecule has 0 N–H and O–H groups in total. The van der Waals surface area contributed by atoms with Gasteiger partial charge in [0.05, 0.1) is 12.2 Å². The third-order valence-electron chi connectivity index (χ3n) is 3.73. The molecule has 2 rings (SSSR count). The van der Waals surface area contributed by atoms with Crippen LogP contribution in [0.25, 0.3) is 0 Å². The summed E-state index contributed by atoms with van der Waals surface area (Å²) in [6, 6.07) is 12.2. The van der Waals surface area contributed by atoms with Gasteiger partial charge in [0.15, 0.2) is 5.60 Å². The number of halogens is 3. The SMILES string of the molecule is CCOC(=O)C(C)(C)Oc1cccc(Cc2ccc(C(F)(F)F)cc2)c1. The summed E-state index contributed by atoms with van der Waals surface area (Å²) >= 11 is 0. The second-order valence-electron chi connectivity index (χ2n) is 6.35. The van der Waals surface area contributed by atoms with Crippen LogP contribution in [0.5, 0.6) is 5.75 Å². The summed E-state index contributed by atoms with van der Waals surface area (Å²) in [4.78, 5) is 11.9. The average molecular weight is 366 g/mol. The van der Waals surface area contributed by atoms with E-state index in [9.17, 15) is 18.0 Å². The number of esters is 1. The molecule has 0 aromatic heterocycles. The highest BCUT2D eigenvalue weighted by molar-refractivity contribution is 5.79. The maximum absolute atomic E-state index is 12.6. The normalized spacial score (nSPS) is 11.9. The van der Waals surface area contributed by atoms with Gasteiger partial charge in [-0.2, -0.15) is 13.2 Å². The van der Waals surface area contributed by atoms with E-state index >= 15 is 0 Å². The highest BCUT2D eigenvalue weighted by Crippen LogP contribution is 2.29. The molecule has 0 aliphatic rings. The lowest BCUT2D eigenvalue weighted by molar-refractivity contribution is -0.158. The van der Waals surface area contributed by atoms with Gasteiger partial charge < -0.3 is 9.47 Å². The minimum absolute atomic E-state index is 0.263. The van der Waals surface area contributed by atoms with Crippen molar-refractivity contribution in [1.29, 1.82) is 0 Å². The van der Waals surface area contributed by atoms with Gasteiger partial charge in [-0.1, -0.05) is 24.3 Å². The van der Waals surface area contributed by atoms with Crippen molar-refractivity contribution in [1.82, 2.24) is 0 Å². The van der Waals surface area contributed by atoms with Crippen LogP contribution in [-0.4, -0.2) is 18.2 Å². The Morgan fingerprint density at radius 3 is 2.23 bits per heavy atom. The molecule has 0 unspecified atom stereocenters. The maximum atomic E-state index is 12.6. The molecule has 2 aromatic rings. The van der Waals surface area contributed by atoms with Crippen LogP contribution in [0.3, 0.4) is 0 Å². The molecule has 0 atom stereocenters. The van der Waals surface area contributed by atoms with Crippen molar-refractivity contribution in [2.24, 2.45) is 0 Å². The van der Waals surface area contributed by atoms with Crippen LogP contribution in [0.1, 0.15) is 37.5 Å². The van der Waals surface area contributed by atoms with Gasteiger partial charge in [-0.15, -0.1) is 0 Å². The van der Waals surface area contributed by atoms with Gasteiger partial charge >= 0.3 is 12.1 Å². The van der Waals surface area contributed by atoms with E-state index in [2.05, 4.69) is 0 Å². The molecule has 6 heteroatoms. The van der Waals surface area contributed by atoms with Crippen molar-refractivity contribution in [3.8, 4) is 5.75 Å². The molecule has 140 valence electrons. The van der Waals surface area contributed by atoms with Crippen molar-refractivity contribution in [3.05, 3.63) is 65.2 Å². The molecule has 2 aromatic carbocycles. The van der Waals surface area contributed by atoms with E-state index in [0.29, 0.717) is 12.2 Å². The quantitative estimate of drug-likeness (QED) is 0.674. The Labute approximate surface area is 150 Å². The highest BCUT2D eigenvalue weighted by atomic mass is 19.4. The summed E-state index contributed by atoms with van der Waals surface area (Å²) < 4.78 is 48.6. The fourth-order valence-electron chi connectivity index (χ4n) is 2.41. The van der Waals surface area contributed by atoms with Gasteiger partial charge in [-0.25, -0.2) is 4.79 Å². The zero-order valence-corrected chi connectivity index (χ0v) is 14.9. The molecule has 3 nitrogen and oxygen atoms in total. The lowest BCUT2D eigenvalue weighted by atomic mass is 10.0. The Bertz CT molecular complexity index is 750. The zero-order valence-electron chi connectivity index (χ0n) is 14.9. The Morgan fingerprint density at radius 2 is 1.65 bits per heavy atom. The molecule has 0 spiro atoms. The summed E-state index contributed by atoms with van der Waals surface area (Å²) in [7, 11) is 0. The molecule has 0 saturated carbocycles. The minimum atomic E-state index is -4.34. The first-order valence-electron chi connectivity index (χ1n) is 8.23. The molecule has 0 fully saturated rings. The van der Waals surface area contributed by atoms with E-state index in [1.54, 1.807) is 39.0 Å². The van der Waals surface area contributed by atoms with Crippen LogP contribution in [0.15, 0.2) is 48.5 Å². The molecular weight excluding hydrogens is 345 g/mol. The number of carbonyl (C=O) groups is 1. The van der Waals surface area contributed by atoms with E-state index in [1.165, 1.54) is 12.1 Å². The van der Waals surface area contributed by atoms with E-state index in [-0.39, 0.29) is 6.61 Å². The van der Waals surface area contributed by atoms with Crippen LogP contribution in [0.2, 0.25) is 0 Å². The number of hydrogen-bond donors (Lipinski definition) is 0. The van der Waals surface area contributed by atoms with Crippen LogP contribution in [0, 0.1) is 0 Å². The minimum Gasteiger partial charge on any atom is -0.476 e. The fraction of sp³-hybridized carbons (Fsp3) is 0.350. The van der Waals surface area contributed by atoms with Crippen LogP contribution in [-0.2, 0) is 22.1 Å². The van der Waals surface area contributed by atoms with E-state index < -0.39 is 23.3 Å². The third kappa shape index (κ3) is 5.25. The summed E-state index contributed by atoms with van der Waals surface area (Å²) in [5, 5.41) is 0. The molecule has 0 saturated heterocycles. The van der Waals surface area contributed by atoms with E-state index in [4.69, 9.17) is 9.47 Å². The predicted molar refractivity (Wildman–Crippen MR) is 92.0 cm³/mol. The van der Waals surface area contributed by atoms with E-state index in [0.717, 1.165) is 23.3 Å². The molecule has 26 heavy (non-hydrogen) atoms. The molecular formula is C20H21F3O3. The van der Waals surface area contributed by atoms with Crippen LogP contribution >= 0.6 is 0 Å². The third-order valence-corrected chi connectivity index (χ3v) is 3.73. The monoisotopic (exact) mass is 366 g/mol. The Morgan fingerprint density at radius 1 is 1.00 bits per heavy atom. The molecule has 0 aliphatic heterocycles. The van der Waals surface area contributed by atoms with Gasteiger partial charge in [0.1, 0.15) is 5.75 Å². The van der Waals surface area contributed by atoms with Crippen molar-refractivity contribution in [3.63, 3.8) is 0 Å². The second-order valence-corrected chi connectivity index (χ2v) is 6.35. The highest BCUT2D eigenvalue weighted by Gasteiger charge is 2.32. The van der Waals surface area contributed by atoms with Crippen LogP contribution < -0.4 is 4.74 Å². The zero-order chi connectivity index (χ0) is 19.4. The lowest BCUT2D eigenvalue weighted by Gasteiger charge is -2.24. The van der Waals surface area contributed by atoms with Gasteiger partial charge in [-0.05, 0) is 62.6 Å². The first-order chi connectivity index (χ1) is 12.1. The van der Waals surface area contributed by atoms with Crippen LogP contribution in [0.4, 0.5) is 13.2 Å². The van der Waals surface area contributed by atoms with Gasteiger partial charge in [0, 0.05) is 0 Å². The standard InChI is InChI=1S/C20H21F3O3/c1-4-25-18(24)19(2,3)26-17-7-5-6-15(13-17)12-14-8-10-16(11-9-14)20(21,22)23/h5-11,13H,4,12H2,1-3H3. The Hall–Kier alpha value is -2.50. The fourth-order valence-corrected chi connectivity index (χ4v) is 2.41. The first kappa shape index (κ1) is 19.8. The number of rotatable bonds is 6. The Kier molecular flexibility index (Phi) is 5.95. The molecule has 0 amide bonds. The first-order valence-corrected chi connectivity index (χ1v) is 8.23. The molecule has 0 bridgehead atoms. The average Bonchev–Trinajstić information content (AvgIpc) is 2.54. The second kappa shape index (κ2) is 7.81. The number of alkyl halides is 3. The van der Waals surface area contributed by atoms with Crippen molar-refractivity contribution >= 4 is 5.97 Å². The number of ether oxygens (including phenoxy) is 2. The summed E-state index contributed by atoms with van der Waals surface area (Å²) in [6.45, 7) is 5.22. The number of benzene rings is 2. The summed E-state index contributed by atoms with van der Waals surface area (Å²) in [5.41, 5.74) is -0.195. The topological polar surface area (TPSA) is 35.5 Å². The smallest absolute Gasteiger partial charge is 0.416 e. The van der Waals surface area contributed by atoms with Crippen molar-refractivity contribution < 1.29 is 27.4 Å². The van der Waals surface area contributed by atoms with Gasteiger partial charge in [0.25, 0.3) is 0 Å². The largest absolute Gasteiger partial charge is 0.476 e. The van der Waals surface area contributed by atoms with Crippen molar-refractivity contribution in [2.45, 2.75) is 39.0 Å². The predicted octanol–water partition coefficient (Wildman–Crippen LogP) is 5.02. The summed E-state index contributed by atoms with van der Waals surface area (Å²) in [5.74, 6) is 0.0283. The van der Waals surface area contributed by atoms with Gasteiger partial charge in [-0.3, -0.25) is 0 Å². The number of carbonyl (C=O) groups excluding carboxylic acids is 1. The molecule has 0 radical (unpaired) electrons. The van der Waals surface area contributed by atoms with Gasteiger partial charge in [0.2, 0.25) is 0 Å². The molecule has 0 aliphatic carbocycles.